The monoisotopic (exact) mass is 402 g/mol. The molecule has 0 bridgehead atoms. The third-order valence-corrected chi connectivity index (χ3v) is 4.92. The highest BCUT2D eigenvalue weighted by atomic mass is 35.5. The zero-order valence-electron chi connectivity index (χ0n) is 15.7. The number of methoxy groups -OCH3 is 1. The van der Waals surface area contributed by atoms with Crippen LogP contribution in [0.5, 0.6) is 5.75 Å². The molecule has 28 heavy (non-hydrogen) atoms. The molecule has 148 valence electrons. The lowest BCUT2D eigenvalue weighted by atomic mass is 9.94. The van der Waals surface area contributed by atoms with Crippen LogP contribution in [0.4, 0.5) is 0 Å². The van der Waals surface area contributed by atoms with Crippen LogP contribution in [0.3, 0.4) is 0 Å². The number of nitrogens with zero attached hydrogens (tertiary/aromatic N) is 1. The van der Waals surface area contributed by atoms with E-state index in [4.69, 9.17) is 21.1 Å². The van der Waals surface area contributed by atoms with Crippen LogP contribution in [-0.2, 0) is 27.3 Å². The molecular weight excluding hydrogens is 380 g/mol. The van der Waals surface area contributed by atoms with Gasteiger partial charge >= 0.3 is 5.97 Å². The molecule has 7 heteroatoms. The summed E-state index contributed by atoms with van der Waals surface area (Å²) in [5.74, 6) is 0.207. The molecule has 0 fully saturated rings. The molecular formula is C21H23ClN2O4. The Hall–Kier alpha value is -2.57. The van der Waals surface area contributed by atoms with Crippen molar-refractivity contribution in [1.82, 2.24) is 10.2 Å². The molecule has 0 saturated carbocycles. The predicted octanol–water partition coefficient (Wildman–Crippen LogP) is 2.43. The van der Waals surface area contributed by atoms with E-state index in [9.17, 15) is 9.59 Å². The van der Waals surface area contributed by atoms with Gasteiger partial charge in [0.15, 0.2) is 0 Å². The number of hydrogen-bond acceptors (Lipinski definition) is 5. The summed E-state index contributed by atoms with van der Waals surface area (Å²) in [5.41, 5.74) is 2.24. The molecule has 0 radical (unpaired) electrons. The molecule has 1 heterocycles. The zero-order chi connectivity index (χ0) is 19.9. The lowest BCUT2D eigenvalue weighted by Crippen LogP contribution is -2.50. The number of rotatable bonds is 7. The number of ether oxygens (including phenoxy) is 2. The summed E-state index contributed by atoms with van der Waals surface area (Å²) in [4.78, 5) is 26.4. The van der Waals surface area contributed by atoms with E-state index in [0.717, 1.165) is 11.1 Å². The van der Waals surface area contributed by atoms with E-state index in [0.29, 0.717) is 36.9 Å². The minimum atomic E-state index is -0.462. The Balaban J connectivity index is 1.51. The number of fused-ring (bicyclic) bond motifs is 1. The maximum atomic E-state index is 12.4. The predicted molar refractivity (Wildman–Crippen MR) is 106 cm³/mol. The third-order valence-electron chi connectivity index (χ3n) is 4.67. The van der Waals surface area contributed by atoms with E-state index in [2.05, 4.69) is 5.32 Å². The number of carbonyl (C=O) groups is 2. The maximum Gasteiger partial charge on any atom is 0.323 e. The standard InChI is InChI=1S/C21H23ClN2O4/c1-27-21(26)19-12-15-4-2-3-5-16(15)13-24(19)14-20(25)23-10-11-28-18-8-6-17(22)7-9-18/h2-9,19H,10-14H2,1H3,(H,23,25)/t19-/m0/s1. The van der Waals surface area contributed by atoms with E-state index in [-0.39, 0.29) is 18.4 Å². The molecule has 2 aromatic carbocycles. The summed E-state index contributed by atoms with van der Waals surface area (Å²) in [5, 5.41) is 3.47. The van der Waals surface area contributed by atoms with Gasteiger partial charge in [-0.05, 0) is 41.8 Å². The quantitative estimate of drug-likeness (QED) is 0.569. The Bertz CT molecular complexity index is 825. The van der Waals surface area contributed by atoms with Crippen molar-refractivity contribution in [3.05, 3.63) is 64.7 Å². The van der Waals surface area contributed by atoms with Crippen molar-refractivity contribution in [2.75, 3.05) is 26.8 Å². The van der Waals surface area contributed by atoms with Gasteiger partial charge in [0.05, 0.1) is 20.2 Å². The van der Waals surface area contributed by atoms with Crippen molar-refractivity contribution < 1.29 is 19.1 Å². The molecule has 0 aromatic heterocycles. The maximum absolute atomic E-state index is 12.4. The van der Waals surface area contributed by atoms with Gasteiger partial charge in [0.25, 0.3) is 0 Å². The highest BCUT2D eigenvalue weighted by molar-refractivity contribution is 6.30. The van der Waals surface area contributed by atoms with Crippen LogP contribution < -0.4 is 10.1 Å². The van der Waals surface area contributed by atoms with Gasteiger partial charge in [-0.3, -0.25) is 14.5 Å². The average Bonchev–Trinajstić information content (AvgIpc) is 2.71. The fourth-order valence-electron chi connectivity index (χ4n) is 3.24. The Kier molecular flexibility index (Phi) is 6.90. The van der Waals surface area contributed by atoms with Gasteiger partial charge in [0, 0.05) is 11.6 Å². The smallest absolute Gasteiger partial charge is 0.323 e. The van der Waals surface area contributed by atoms with Gasteiger partial charge < -0.3 is 14.8 Å². The second-order valence-electron chi connectivity index (χ2n) is 6.57. The topological polar surface area (TPSA) is 67.9 Å². The van der Waals surface area contributed by atoms with Gasteiger partial charge in [-0.15, -0.1) is 0 Å². The Labute approximate surface area is 169 Å². The van der Waals surface area contributed by atoms with E-state index in [1.54, 1.807) is 24.3 Å². The van der Waals surface area contributed by atoms with Crippen molar-refractivity contribution in [3.8, 4) is 5.75 Å². The summed E-state index contributed by atoms with van der Waals surface area (Å²) < 4.78 is 10.5. The SMILES string of the molecule is COC(=O)[C@@H]1Cc2ccccc2CN1CC(=O)NCCOc1ccc(Cl)cc1. The van der Waals surface area contributed by atoms with Crippen molar-refractivity contribution in [2.45, 2.75) is 19.0 Å². The number of nitrogens with one attached hydrogen (secondary N) is 1. The molecule has 3 rings (SSSR count). The molecule has 1 N–H and O–H groups in total. The van der Waals surface area contributed by atoms with Crippen LogP contribution in [0.15, 0.2) is 48.5 Å². The van der Waals surface area contributed by atoms with Gasteiger partial charge in [-0.2, -0.15) is 0 Å². The Morgan fingerprint density at radius 3 is 2.57 bits per heavy atom. The van der Waals surface area contributed by atoms with E-state index in [1.165, 1.54) is 7.11 Å². The average molecular weight is 403 g/mol. The fraction of sp³-hybridized carbons (Fsp3) is 0.333. The molecule has 1 amide bonds. The third kappa shape index (κ3) is 5.24. The first-order valence-corrected chi connectivity index (χ1v) is 9.48. The fourth-order valence-corrected chi connectivity index (χ4v) is 3.37. The van der Waals surface area contributed by atoms with Crippen molar-refractivity contribution in [3.63, 3.8) is 0 Å². The van der Waals surface area contributed by atoms with E-state index in [1.807, 2.05) is 29.2 Å². The molecule has 1 aliphatic rings. The molecule has 0 unspecified atom stereocenters. The largest absolute Gasteiger partial charge is 0.492 e. The van der Waals surface area contributed by atoms with Gasteiger partial charge in [0.2, 0.25) is 5.91 Å². The first-order valence-electron chi connectivity index (χ1n) is 9.10. The molecule has 0 saturated heterocycles. The number of benzene rings is 2. The minimum absolute atomic E-state index is 0.120. The number of halogens is 1. The van der Waals surface area contributed by atoms with E-state index >= 15 is 0 Å². The normalized spacial score (nSPS) is 16.1. The molecule has 0 aliphatic carbocycles. The Morgan fingerprint density at radius 2 is 1.86 bits per heavy atom. The van der Waals surface area contributed by atoms with Crippen LogP contribution >= 0.6 is 11.6 Å². The van der Waals surface area contributed by atoms with Crippen LogP contribution in [0.1, 0.15) is 11.1 Å². The Morgan fingerprint density at radius 1 is 1.14 bits per heavy atom. The second kappa shape index (κ2) is 9.57. The molecule has 1 aliphatic heterocycles. The number of esters is 1. The molecule has 2 aromatic rings. The number of hydrogen-bond donors (Lipinski definition) is 1. The lowest BCUT2D eigenvalue weighted by molar-refractivity contribution is -0.148. The van der Waals surface area contributed by atoms with Gasteiger partial charge in [-0.1, -0.05) is 35.9 Å². The van der Waals surface area contributed by atoms with Crippen LogP contribution in [0, 0.1) is 0 Å². The van der Waals surface area contributed by atoms with Crippen molar-refractivity contribution in [2.24, 2.45) is 0 Å². The van der Waals surface area contributed by atoms with Gasteiger partial charge in [-0.25, -0.2) is 0 Å². The number of amides is 1. The van der Waals surface area contributed by atoms with Crippen LogP contribution in [0.25, 0.3) is 0 Å². The minimum Gasteiger partial charge on any atom is -0.492 e. The first kappa shape index (κ1) is 20.2. The highest BCUT2D eigenvalue weighted by Gasteiger charge is 2.33. The summed E-state index contributed by atoms with van der Waals surface area (Å²) >= 11 is 5.83. The summed E-state index contributed by atoms with van der Waals surface area (Å²) in [6, 6.07) is 14.5. The van der Waals surface area contributed by atoms with Crippen molar-refractivity contribution in [1.29, 1.82) is 0 Å². The first-order chi connectivity index (χ1) is 13.6. The highest BCUT2D eigenvalue weighted by Crippen LogP contribution is 2.23. The summed E-state index contributed by atoms with van der Waals surface area (Å²) in [7, 11) is 1.37. The summed E-state index contributed by atoms with van der Waals surface area (Å²) in [6.07, 6.45) is 0.538. The van der Waals surface area contributed by atoms with E-state index < -0.39 is 6.04 Å². The number of carbonyl (C=O) groups excluding carboxylic acids is 2. The van der Waals surface area contributed by atoms with Gasteiger partial charge in [0.1, 0.15) is 18.4 Å². The molecule has 0 spiro atoms. The second-order valence-corrected chi connectivity index (χ2v) is 7.01. The summed E-state index contributed by atoms with van der Waals surface area (Å²) in [6.45, 7) is 1.37. The van der Waals surface area contributed by atoms with Crippen molar-refractivity contribution >= 4 is 23.5 Å². The molecule has 6 nitrogen and oxygen atoms in total. The van der Waals surface area contributed by atoms with Crippen LogP contribution in [0.2, 0.25) is 5.02 Å². The lowest BCUT2D eigenvalue weighted by Gasteiger charge is -2.34. The van der Waals surface area contributed by atoms with Crippen LogP contribution in [-0.4, -0.2) is 49.6 Å². The zero-order valence-corrected chi connectivity index (χ0v) is 16.4. The molecule has 1 atom stereocenters.